The first kappa shape index (κ1) is 20.8. The maximum atomic E-state index is 13.2. The maximum absolute atomic E-state index is 13.2. The Morgan fingerprint density at radius 1 is 1.13 bits per heavy atom. The number of likely N-dealkylation sites (tertiary alicyclic amines) is 1. The van der Waals surface area contributed by atoms with Crippen molar-refractivity contribution in [3.63, 3.8) is 0 Å². The topological polar surface area (TPSA) is 66.5 Å². The third-order valence-corrected chi connectivity index (χ3v) is 7.94. The molecule has 0 radical (unpaired) electrons. The molecular weight excluding hydrogens is 416 g/mol. The number of hydrogen-bond acceptors (Lipinski definition) is 4. The lowest BCUT2D eigenvalue weighted by molar-refractivity contribution is 0.0737. The van der Waals surface area contributed by atoms with E-state index >= 15 is 0 Å². The molecular formula is C23H24N2O3S2. The van der Waals surface area contributed by atoms with E-state index in [0.717, 1.165) is 18.4 Å². The van der Waals surface area contributed by atoms with Crippen LogP contribution in [0.2, 0.25) is 0 Å². The van der Waals surface area contributed by atoms with Crippen molar-refractivity contribution < 1.29 is 13.2 Å². The van der Waals surface area contributed by atoms with Gasteiger partial charge in [-0.3, -0.25) is 4.79 Å². The van der Waals surface area contributed by atoms with E-state index in [-0.39, 0.29) is 23.4 Å². The maximum Gasteiger partial charge on any atom is 0.254 e. The minimum atomic E-state index is -3.74. The molecule has 156 valence electrons. The highest BCUT2D eigenvalue weighted by molar-refractivity contribution is 7.89. The van der Waals surface area contributed by atoms with Crippen LogP contribution in [0, 0.1) is 6.92 Å². The number of sulfonamides is 1. The first-order valence-electron chi connectivity index (χ1n) is 9.94. The second-order valence-corrected chi connectivity index (χ2v) is 10.2. The van der Waals surface area contributed by atoms with E-state index in [1.165, 1.54) is 10.9 Å². The van der Waals surface area contributed by atoms with Crippen molar-refractivity contribution >= 4 is 27.3 Å². The van der Waals surface area contributed by atoms with Gasteiger partial charge >= 0.3 is 0 Å². The van der Waals surface area contributed by atoms with Crippen LogP contribution in [-0.4, -0.2) is 25.8 Å². The van der Waals surface area contributed by atoms with Gasteiger partial charge in [0.25, 0.3) is 5.91 Å². The van der Waals surface area contributed by atoms with Gasteiger partial charge in [-0.1, -0.05) is 42.5 Å². The summed E-state index contributed by atoms with van der Waals surface area (Å²) in [5.41, 5.74) is 1.90. The summed E-state index contributed by atoms with van der Waals surface area (Å²) in [6, 6.07) is 18.4. The molecule has 3 aromatic rings. The molecule has 1 amide bonds. The predicted octanol–water partition coefficient (Wildman–Crippen LogP) is 4.51. The Balaban J connectivity index is 1.57. The van der Waals surface area contributed by atoms with E-state index in [0.29, 0.717) is 17.7 Å². The number of nitrogens with zero attached hydrogens (tertiary/aromatic N) is 1. The minimum Gasteiger partial charge on any atom is -0.331 e. The van der Waals surface area contributed by atoms with E-state index in [9.17, 15) is 13.2 Å². The molecule has 5 nitrogen and oxygen atoms in total. The van der Waals surface area contributed by atoms with Crippen LogP contribution >= 0.6 is 11.3 Å². The second-order valence-electron chi connectivity index (χ2n) is 7.46. The number of carbonyl (C=O) groups excluding carboxylic acids is 1. The van der Waals surface area contributed by atoms with Crippen molar-refractivity contribution in [1.29, 1.82) is 0 Å². The number of nitrogens with one attached hydrogen (secondary N) is 1. The summed E-state index contributed by atoms with van der Waals surface area (Å²) in [6.07, 6.45) is 1.88. The van der Waals surface area contributed by atoms with Crippen LogP contribution in [0.15, 0.2) is 70.9 Å². The summed E-state index contributed by atoms with van der Waals surface area (Å²) < 4.78 is 28.5. The van der Waals surface area contributed by atoms with Gasteiger partial charge in [-0.2, -0.15) is 0 Å². The molecule has 4 rings (SSSR count). The highest BCUT2D eigenvalue weighted by atomic mass is 32.2. The van der Waals surface area contributed by atoms with Gasteiger partial charge in [0.2, 0.25) is 10.0 Å². The molecule has 2 heterocycles. The molecule has 0 spiro atoms. The number of carbonyl (C=O) groups is 1. The molecule has 1 aliphatic rings. The van der Waals surface area contributed by atoms with Crippen molar-refractivity contribution in [2.45, 2.75) is 37.2 Å². The van der Waals surface area contributed by atoms with Crippen LogP contribution in [0.4, 0.5) is 0 Å². The molecule has 30 heavy (non-hydrogen) atoms. The largest absolute Gasteiger partial charge is 0.331 e. The number of thiophene rings is 1. The Hall–Kier alpha value is -2.48. The van der Waals surface area contributed by atoms with Gasteiger partial charge < -0.3 is 4.90 Å². The molecule has 7 heteroatoms. The highest BCUT2D eigenvalue weighted by Crippen LogP contribution is 2.35. The summed E-state index contributed by atoms with van der Waals surface area (Å²) in [7, 11) is -3.74. The molecule has 1 unspecified atom stereocenters. The first-order valence-corrected chi connectivity index (χ1v) is 12.3. The quantitative estimate of drug-likeness (QED) is 0.613. The Labute approximate surface area is 181 Å². The zero-order chi connectivity index (χ0) is 21.1. The number of aryl methyl sites for hydroxylation is 1. The lowest BCUT2D eigenvalue weighted by Gasteiger charge is -2.24. The fraction of sp³-hybridized carbons (Fsp3) is 0.261. The van der Waals surface area contributed by atoms with E-state index in [2.05, 4.69) is 10.8 Å². The normalized spacial score (nSPS) is 16.7. The highest BCUT2D eigenvalue weighted by Gasteiger charge is 2.32. The predicted molar refractivity (Wildman–Crippen MR) is 119 cm³/mol. The lowest BCUT2D eigenvalue weighted by Crippen LogP contribution is -2.30. The number of amides is 1. The first-order chi connectivity index (χ1) is 14.5. The van der Waals surface area contributed by atoms with Crippen molar-refractivity contribution in [3.8, 4) is 0 Å². The van der Waals surface area contributed by atoms with Gasteiger partial charge in [0, 0.05) is 23.5 Å². The zero-order valence-corrected chi connectivity index (χ0v) is 18.4. The standard InChI is InChI=1S/C23H24N2O3S2/c1-17-11-12-19(23(26)25-13-5-9-20(25)21-10-6-14-29-21)15-22(17)30(27,28)24-16-18-7-3-2-4-8-18/h2-4,6-8,10-12,14-15,20,24H,5,9,13,16H2,1H3. The SMILES string of the molecule is Cc1ccc(C(=O)N2CCCC2c2cccs2)cc1S(=O)(=O)NCc1ccccc1. The van der Waals surface area contributed by atoms with E-state index in [4.69, 9.17) is 0 Å². The van der Waals surface area contributed by atoms with Gasteiger partial charge in [-0.15, -0.1) is 11.3 Å². The molecule has 1 aromatic heterocycles. The summed E-state index contributed by atoms with van der Waals surface area (Å²) in [5, 5.41) is 2.02. The lowest BCUT2D eigenvalue weighted by atomic mass is 10.1. The molecule has 1 N–H and O–H groups in total. The smallest absolute Gasteiger partial charge is 0.254 e. The molecule has 2 aromatic carbocycles. The van der Waals surface area contributed by atoms with Crippen LogP contribution in [-0.2, 0) is 16.6 Å². The fourth-order valence-electron chi connectivity index (χ4n) is 3.83. The minimum absolute atomic E-state index is 0.0649. The van der Waals surface area contributed by atoms with Gasteiger partial charge in [0.05, 0.1) is 10.9 Å². The van der Waals surface area contributed by atoms with Gasteiger partial charge in [-0.25, -0.2) is 13.1 Å². The van der Waals surface area contributed by atoms with Gasteiger partial charge in [-0.05, 0) is 54.5 Å². The third kappa shape index (κ3) is 4.33. The number of rotatable bonds is 6. The van der Waals surface area contributed by atoms with E-state index in [1.54, 1.807) is 30.4 Å². The Kier molecular flexibility index (Phi) is 6.04. The summed E-state index contributed by atoms with van der Waals surface area (Å²) in [5.74, 6) is -0.120. The number of benzene rings is 2. The molecule has 0 aliphatic carbocycles. The third-order valence-electron chi connectivity index (χ3n) is 5.42. The molecule has 0 bridgehead atoms. The summed E-state index contributed by atoms with van der Waals surface area (Å²) >= 11 is 1.65. The van der Waals surface area contributed by atoms with Gasteiger partial charge in [0.1, 0.15) is 0 Å². The van der Waals surface area contributed by atoms with Crippen molar-refractivity contribution in [3.05, 3.63) is 87.6 Å². The average Bonchev–Trinajstić information content (AvgIpc) is 3.44. The van der Waals surface area contributed by atoms with E-state index in [1.807, 2.05) is 46.7 Å². The van der Waals surface area contributed by atoms with Crippen molar-refractivity contribution in [1.82, 2.24) is 9.62 Å². The zero-order valence-electron chi connectivity index (χ0n) is 16.7. The molecule has 1 fully saturated rings. The molecule has 1 saturated heterocycles. The summed E-state index contributed by atoms with van der Waals surface area (Å²) in [6.45, 7) is 2.63. The molecule has 1 aliphatic heterocycles. The Morgan fingerprint density at radius 2 is 1.93 bits per heavy atom. The van der Waals surface area contributed by atoms with Crippen LogP contribution in [0.5, 0.6) is 0 Å². The monoisotopic (exact) mass is 440 g/mol. The van der Waals surface area contributed by atoms with E-state index < -0.39 is 10.0 Å². The van der Waals surface area contributed by atoms with Crippen LogP contribution < -0.4 is 4.72 Å². The second kappa shape index (κ2) is 8.71. The number of hydrogen-bond donors (Lipinski definition) is 1. The molecule has 0 saturated carbocycles. The van der Waals surface area contributed by atoms with Crippen LogP contribution in [0.1, 0.15) is 45.2 Å². The van der Waals surface area contributed by atoms with Crippen LogP contribution in [0.25, 0.3) is 0 Å². The Morgan fingerprint density at radius 3 is 2.67 bits per heavy atom. The average molecular weight is 441 g/mol. The van der Waals surface area contributed by atoms with Gasteiger partial charge in [0.15, 0.2) is 0 Å². The van der Waals surface area contributed by atoms with Crippen molar-refractivity contribution in [2.24, 2.45) is 0 Å². The fourth-order valence-corrected chi connectivity index (χ4v) is 5.99. The Bertz CT molecular complexity index is 1130. The van der Waals surface area contributed by atoms with Crippen molar-refractivity contribution in [2.75, 3.05) is 6.54 Å². The molecule has 1 atom stereocenters. The van der Waals surface area contributed by atoms with Crippen LogP contribution in [0.3, 0.4) is 0 Å². The summed E-state index contributed by atoms with van der Waals surface area (Å²) in [4.78, 5) is 16.4.